The van der Waals surface area contributed by atoms with Gasteiger partial charge in [-0.05, 0) is 65.0 Å². The molecule has 9 heteroatoms. The highest BCUT2D eigenvalue weighted by Crippen LogP contribution is 2.36. The van der Waals surface area contributed by atoms with Crippen LogP contribution in [0.4, 0.5) is 13.2 Å². The Morgan fingerprint density at radius 3 is 1.78 bits per heavy atom. The van der Waals surface area contributed by atoms with Crippen molar-refractivity contribution in [2.75, 3.05) is 27.2 Å². The van der Waals surface area contributed by atoms with Gasteiger partial charge in [0, 0.05) is 31.2 Å². The summed E-state index contributed by atoms with van der Waals surface area (Å²) < 4.78 is 39.2. The quantitative estimate of drug-likeness (QED) is 0.262. The highest BCUT2D eigenvalue weighted by molar-refractivity contribution is 6.34. The van der Waals surface area contributed by atoms with Crippen molar-refractivity contribution in [3.8, 4) is 0 Å². The summed E-state index contributed by atoms with van der Waals surface area (Å²) in [7, 11) is 4.03. The number of amides is 1. The lowest BCUT2D eigenvalue weighted by molar-refractivity contribution is -0.137. The van der Waals surface area contributed by atoms with Crippen LogP contribution in [0.25, 0.3) is 0 Å². The second-order valence-corrected chi connectivity index (χ2v) is 11.1. The lowest BCUT2D eigenvalue weighted by Crippen LogP contribution is -2.39. The van der Waals surface area contributed by atoms with Crippen LogP contribution in [-0.2, 0) is 6.18 Å². The predicted molar refractivity (Wildman–Crippen MR) is 162 cm³/mol. The molecule has 0 saturated carbocycles. The molecule has 0 aliphatic heterocycles. The van der Waals surface area contributed by atoms with Gasteiger partial charge in [-0.3, -0.25) is 4.79 Å². The number of nitrogens with two attached hydrogens (primary N) is 1. The maximum Gasteiger partial charge on any atom is 0.417 e. The molecule has 5 nitrogen and oxygen atoms in total. The summed E-state index contributed by atoms with van der Waals surface area (Å²) in [4.78, 5) is 17.0. The van der Waals surface area contributed by atoms with E-state index in [1.807, 2.05) is 74.3 Å². The largest absolute Gasteiger partial charge is 0.417 e. The number of rotatable bonds is 10. The summed E-state index contributed by atoms with van der Waals surface area (Å²) >= 11 is 5.88. The molecule has 0 radical (unpaired) electrons. The van der Waals surface area contributed by atoms with E-state index in [1.165, 1.54) is 17.7 Å². The fraction of sp³-hybridized carbons (Fsp3) is 0.406. The van der Waals surface area contributed by atoms with Crippen LogP contribution in [-0.4, -0.2) is 55.0 Å². The zero-order valence-corrected chi connectivity index (χ0v) is 25.4. The Balaban J connectivity index is 0.000000353. The Morgan fingerprint density at radius 2 is 1.29 bits per heavy atom. The van der Waals surface area contributed by atoms with Crippen LogP contribution in [0.5, 0.6) is 0 Å². The third-order valence-corrected chi connectivity index (χ3v) is 7.41. The molecule has 0 aromatic heterocycles. The molecule has 1 amide bonds. The summed E-state index contributed by atoms with van der Waals surface area (Å²) in [6.07, 6.45) is -4.62. The number of likely N-dealkylation sites (N-methyl/N-ethyl adjacent to an activating group) is 2. The number of nitrogens with one attached hydrogen (secondary N) is 1. The topological polar surface area (TPSA) is 61.6 Å². The van der Waals surface area contributed by atoms with E-state index in [2.05, 4.69) is 43.2 Å². The van der Waals surface area contributed by atoms with Gasteiger partial charge in [-0.15, -0.1) is 0 Å². The summed E-state index contributed by atoms with van der Waals surface area (Å²) in [5.41, 5.74) is 6.95. The molecular weight excluding hydrogens is 549 g/mol. The third-order valence-electron chi connectivity index (χ3n) is 7.00. The Morgan fingerprint density at radius 1 is 0.805 bits per heavy atom. The van der Waals surface area contributed by atoms with E-state index in [1.54, 1.807) is 0 Å². The van der Waals surface area contributed by atoms with Gasteiger partial charge in [0.15, 0.2) is 0 Å². The van der Waals surface area contributed by atoms with Gasteiger partial charge in [0.05, 0.1) is 22.2 Å². The summed E-state index contributed by atoms with van der Waals surface area (Å²) in [5, 5.41) is 2.23. The van der Waals surface area contributed by atoms with Gasteiger partial charge >= 0.3 is 6.18 Å². The van der Waals surface area contributed by atoms with Crippen molar-refractivity contribution in [1.29, 1.82) is 0 Å². The van der Waals surface area contributed by atoms with Crippen molar-refractivity contribution in [3.63, 3.8) is 0 Å². The zero-order valence-electron chi connectivity index (χ0n) is 24.6. The number of carbonyl (C=O) groups is 1. The second kappa shape index (κ2) is 15.9. The highest BCUT2D eigenvalue weighted by atomic mass is 35.5. The molecule has 0 spiro atoms. The van der Waals surface area contributed by atoms with E-state index in [4.69, 9.17) is 17.3 Å². The first kappa shape index (κ1) is 34.3. The molecule has 0 bridgehead atoms. The predicted octanol–water partition coefficient (Wildman–Crippen LogP) is 7.20. The van der Waals surface area contributed by atoms with Gasteiger partial charge in [-0.25, -0.2) is 0 Å². The van der Waals surface area contributed by atoms with Gasteiger partial charge in [-0.2, -0.15) is 13.2 Å². The van der Waals surface area contributed by atoms with Crippen molar-refractivity contribution in [3.05, 3.63) is 106 Å². The minimum atomic E-state index is -4.62. The van der Waals surface area contributed by atoms with Crippen molar-refractivity contribution in [2.45, 2.75) is 58.0 Å². The number of hydrogen-bond donors (Lipinski definition) is 2. The van der Waals surface area contributed by atoms with Crippen molar-refractivity contribution < 1.29 is 18.0 Å². The molecule has 41 heavy (non-hydrogen) atoms. The third kappa shape index (κ3) is 10.8. The Bertz CT molecular complexity index is 1210. The maximum absolute atomic E-state index is 13.1. The first-order valence-electron chi connectivity index (χ1n) is 13.6. The fourth-order valence-corrected chi connectivity index (χ4v) is 4.23. The fourth-order valence-electron chi connectivity index (χ4n) is 3.91. The highest BCUT2D eigenvalue weighted by Gasteiger charge is 2.35. The standard InChI is InChI=1S/C20H22ClF3N2O.C12H20N2/c1-13(2)26(3)12-17(14-8-5-4-6-9-14)25-19(27)15-10-7-11-16(18(15)21)20(22,23)24;1-10(2)14(3)9-12(13)11-7-5-4-6-8-11/h4-11,13,17H,12H2,1-3H3,(H,25,27);4-8,10,12H,9,13H2,1-3H3/t17-;12-/m11/s1. The minimum absolute atomic E-state index is 0.114. The molecule has 3 aromatic rings. The number of nitrogens with zero attached hydrogens (tertiary/aromatic N) is 2. The van der Waals surface area contributed by atoms with E-state index < -0.39 is 28.7 Å². The summed E-state index contributed by atoms with van der Waals surface area (Å²) in [6.45, 7) is 9.81. The molecule has 0 aliphatic carbocycles. The Labute approximate surface area is 247 Å². The SMILES string of the molecule is CC(C)N(C)C[C@@H](N)c1ccccc1.CC(C)N(C)C[C@@H](NC(=O)c1cccc(C(F)(F)F)c1Cl)c1ccccc1. The molecule has 0 heterocycles. The number of halogens is 4. The van der Waals surface area contributed by atoms with Crippen LogP contribution in [0.2, 0.25) is 5.02 Å². The normalized spacial score (nSPS) is 13.2. The second-order valence-electron chi connectivity index (χ2n) is 10.7. The van der Waals surface area contributed by atoms with Gasteiger partial charge in [0.2, 0.25) is 0 Å². The van der Waals surface area contributed by atoms with E-state index in [-0.39, 0.29) is 17.6 Å². The van der Waals surface area contributed by atoms with Crippen molar-refractivity contribution >= 4 is 17.5 Å². The molecule has 2 atom stereocenters. The number of hydrogen-bond acceptors (Lipinski definition) is 4. The molecule has 224 valence electrons. The first-order valence-corrected chi connectivity index (χ1v) is 14.0. The van der Waals surface area contributed by atoms with Gasteiger partial charge in [0.1, 0.15) is 0 Å². The van der Waals surface area contributed by atoms with E-state index in [9.17, 15) is 18.0 Å². The number of alkyl halides is 3. The van der Waals surface area contributed by atoms with Gasteiger partial charge in [0.25, 0.3) is 5.91 Å². The minimum Gasteiger partial charge on any atom is -0.344 e. The van der Waals surface area contributed by atoms with Crippen molar-refractivity contribution in [2.24, 2.45) is 5.73 Å². The molecule has 3 N–H and O–H groups in total. The number of carbonyl (C=O) groups excluding carboxylic acids is 1. The van der Waals surface area contributed by atoms with E-state index in [0.29, 0.717) is 12.6 Å². The summed E-state index contributed by atoms with van der Waals surface area (Å²) in [6, 6.07) is 23.4. The van der Waals surface area contributed by atoms with Crippen LogP contribution in [0.3, 0.4) is 0 Å². The van der Waals surface area contributed by atoms with Crippen LogP contribution < -0.4 is 11.1 Å². The first-order chi connectivity index (χ1) is 19.2. The van der Waals surface area contributed by atoms with E-state index in [0.717, 1.165) is 18.2 Å². The smallest absolute Gasteiger partial charge is 0.344 e. The lowest BCUT2D eigenvalue weighted by Gasteiger charge is -2.28. The number of benzene rings is 3. The molecule has 3 rings (SSSR count). The molecule has 0 fully saturated rings. The maximum atomic E-state index is 13.1. The van der Waals surface area contributed by atoms with Gasteiger partial charge < -0.3 is 20.9 Å². The summed E-state index contributed by atoms with van der Waals surface area (Å²) in [5.74, 6) is -0.642. The lowest BCUT2D eigenvalue weighted by atomic mass is 10.0. The van der Waals surface area contributed by atoms with Crippen molar-refractivity contribution in [1.82, 2.24) is 15.1 Å². The Kier molecular flexibility index (Phi) is 13.3. The van der Waals surface area contributed by atoms with Crippen LogP contribution >= 0.6 is 11.6 Å². The molecule has 0 unspecified atom stereocenters. The average Bonchev–Trinajstić information content (AvgIpc) is 2.93. The van der Waals surface area contributed by atoms with Crippen LogP contribution in [0.1, 0.15) is 66.8 Å². The van der Waals surface area contributed by atoms with Gasteiger partial charge in [-0.1, -0.05) is 78.3 Å². The molecular formula is C32H42ClF3N4O. The zero-order chi connectivity index (χ0) is 30.7. The van der Waals surface area contributed by atoms with E-state index >= 15 is 0 Å². The van der Waals surface area contributed by atoms with Crippen LogP contribution in [0.15, 0.2) is 78.9 Å². The molecule has 3 aromatic carbocycles. The Hall–Kier alpha value is -2.91. The monoisotopic (exact) mass is 590 g/mol. The molecule has 0 saturated heterocycles. The molecule has 0 aliphatic rings. The average molecular weight is 591 g/mol. The van der Waals surface area contributed by atoms with Crippen LogP contribution in [0, 0.1) is 0 Å².